The Labute approximate surface area is 64.7 Å². The second-order valence-corrected chi connectivity index (χ2v) is 2.12. The molecule has 0 aliphatic carbocycles. The zero-order valence-corrected chi connectivity index (χ0v) is 6.36. The van der Waals surface area contributed by atoms with Crippen LogP contribution in [0.1, 0.15) is 19.8 Å². The van der Waals surface area contributed by atoms with Crippen LogP contribution in [0, 0.1) is 0 Å². The summed E-state index contributed by atoms with van der Waals surface area (Å²) in [5.41, 5.74) is 0. The quantitative estimate of drug-likeness (QED) is 0.641. The zero-order chi connectivity index (χ0) is 8.10. The van der Waals surface area contributed by atoms with E-state index in [4.69, 9.17) is 4.84 Å². The molecule has 0 spiro atoms. The lowest BCUT2D eigenvalue weighted by atomic mass is 10.3. The summed E-state index contributed by atoms with van der Waals surface area (Å²) in [4.78, 5) is 16.7. The third-order valence-electron chi connectivity index (χ3n) is 1.13. The number of rotatable bonds is 3. The normalized spacial score (nSPS) is 9.55. The minimum Gasteiger partial charge on any atom is -0.319 e. The van der Waals surface area contributed by atoms with Crippen molar-refractivity contribution in [2.45, 2.75) is 19.8 Å². The van der Waals surface area contributed by atoms with E-state index in [9.17, 15) is 4.79 Å². The van der Waals surface area contributed by atoms with Gasteiger partial charge < -0.3 is 4.84 Å². The summed E-state index contributed by atoms with van der Waals surface area (Å²) >= 11 is 0. The van der Waals surface area contributed by atoms with Gasteiger partial charge in [0, 0.05) is 6.42 Å². The molecule has 1 heterocycles. The summed E-state index contributed by atoms with van der Waals surface area (Å²) < 4.78 is 0. The lowest BCUT2D eigenvalue weighted by molar-refractivity contribution is -0.145. The fourth-order valence-corrected chi connectivity index (χ4v) is 0.663. The zero-order valence-electron chi connectivity index (χ0n) is 6.36. The maximum atomic E-state index is 10.8. The van der Waals surface area contributed by atoms with E-state index in [1.807, 2.05) is 6.92 Å². The largest absolute Gasteiger partial charge is 0.334 e. The summed E-state index contributed by atoms with van der Waals surface area (Å²) in [6.45, 7) is 1.92. The van der Waals surface area contributed by atoms with E-state index in [0.29, 0.717) is 6.42 Å². The van der Waals surface area contributed by atoms with Crippen molar-refractivity contribution in [1.82, 2.24) is 9.94 Å². The molecule has 60 valence electrons. The Hall–Kier alpha value is -1.32. The van der Waals surface area contributed by atoms with Gasteiger partial charge in [0.25, 0.3) is 0 Å². The van der Waals surface area contributed by atoms with Crippen LogP contribution in [0.25, 0.3) is 0 Å². The fraction of sp³-hybridized carbons (Fsp3) is 0.429. The Morgan fingerprint density at radius 3 is 3.09 bits per heavy atom. The molecular weight excluding hydrogens is 144 g/mol. The summed E-state index contributed by atoms with van der Waals surface area (Å²) in [7, 11) is 0. The van der Waals surface area contributed by atoms with E-state index in [0.717, 1.165) is 11.3 Å². The number of aromatic nitrogens is 2. The smallest absolute Gasteiger partial charge is 0.319 e. The first-order chi connectivity index (χ1) is 5.33. The highest BCUT2D eigenvalue weighted by molar-refractivity contribution is 5.69. The molecule has 0 bridgehead atoms. The molecule has 1 aromatic rings. The first-order valence-corrected chi connectivity index (χ1v) is 3.53. The van der Waals surface area contributed by atoms with Gasteiger partial charge in [0.15, 0.2) is 0 Å². The molecule has 0 fully saturated rings. The van der Waals surface area contributed by atoms with Crippen LogP contribution < -0.4 is 4.84 Å². The number of nitrogens with zero attached hydrogens (tertiary/aromatic N) is 2. The molecule has 1 aromatic heterocycles. The lowest BCUT2D eigenvalue weighted by Crippen LogP contribution is -2.19. The summed E-state index contributed by atoms with van der Waals surface area (Å²) in [6.07, 6.45) is 4.35. The highest BCUT2D eigenvalue weighted by Crippen LogP contribution is 1.88. The summed E-state index contributed by atoms with van der Waals surface area (Å²) in [5, 5.41) is 3.71. The third kappa shape index (κ3) is 2.41. The molecule has 0 aliphatic heterocycles. The first-order valence-electron chi connectivity index (χ1n) is 3.53. The van der Waals surface area contributed by atoms with Crippen molar-refractivity contribution in [3.05, 3.63) is 18.5 Å². The minimum atomic E-state index is -0.254. The van der Waals surface area contributed by atoms with Crippen LogP contribution in [-0.4, -0.2) is 15.9 Å². The van der Waals surface area contributed by atoms with Crippen LogP contribution in [0.4, 0.5) is 0 Å². The van der Waals surface area contributed by atoms with Gasteiger partial charge in [0.05, 0.1) is 12.4 Å². The SMILES string of the molecule is CCCC(=O)On1cccn1. The summed E-state index contributed by atoms with van der Waals surface area (Å²) in [5.74, 6) is -0.254. The number of carbonyl (C=O) groups is 1. The van der Waals surface area contributed by atoms with Gasteiger partial charge in [-0.2, -0.15) is 0 Å². The lowest BCUT2D eigenvalue weighted by Gasteiger charge is -1.99. The molecule has 0 unspecified atom stereocenters. The Morgan fingerprint density at radius 1 is 1.73 bits per heavy atom. The predicted molar refractivity (Wildman–Crippen MR) is 38.7 cm³/mol. The number of hydrogen-bond acceptors (Lipinski definition) is 3. The summed E-state index contributed by atoms with van der Waals surface area (Å²) in [6, 6.07) is 1.69. The standard InChI is InChI=1S/C7H10N2O2/c1-2-4-7(10)11-9-6-3-5-8-9/h3,5-6H,2,4H2,1H3. The third-order valence-corrected chi connectivity index (χ3v) is 1.13. The monoisotopic (exact) mass is 154 g/mol. The topological polar surface area (TPSA) is 44.1 Å². The van der Waals surface area contributed by atoms with E-state index < -0.39 is 0 Å². The molecule has 0 atom stereocenters. The number of carbonyl (C=O) groups excluding carboxylic acids is 1. The van der Waals surface area contributed by atoms with Crippen molar-refractivity contribution < 1.29 is 9.63 Å². The van der Waals surface area contributed by atoms with Gasteiger partial charge >= 0.3 is 5.97 Å². The molecular formula is C7H10N2O2. The van der Waals surface area contributed by atoms with Crippen molar-refractivity contribution in [2.24, 2.45) is 0 Å². The maximum Gasteiger partial charge on any atom is 0.334 e. The van der Waals surface area contributed by atoms with Gasteiger partial charge in [-0.25, -0.2) is 4.79 Å². The van der Waals surface area contributed by atoms with Crippen molar-refractivity contribution in [3.63, 3.8) is 0 Å². The van der Waals surface area contributed by atoms with E-state index in [1.165, 1.54) is 0 Å². The fourth-order valence-electron chi connectivity index (χ4n) is 0.663. The minimum absolute atomic E-state index is 0.254. The molecule has 4 nitrogen and oxygen atoms in total. The van der Waals surface area contributed by atoms with E-state index >= 15 is 0 Å². The molecule has 0 aromatic carbocycles. The van der Waals surface area contributed by atoms with E-state index in [-0.39, 0.29) is 5.97 Å². The van der Waals surface area contributed by atoms with Gasteiger partial charge in [-0.05, 0) is 12.5 Å². The molecule has 0 N–H and O–H groups in total. The van der Waals surface area contributed by atoms with Gasteiger partial charge in [-0.15, -0.1) is 5.10 Å². The second kappa shape index (κ2) is 3.75. The Balaban J connectivity index is 2.37. The Morgan fingerprint density at radius 2 is 2.55 bits per heavy atom. The van der Waals surface area contributed by atoms with Crippen molar-refractivity contribution in [1.29, 1.82) is 0 Å². The maximum absolute atomic E-state index is 10.8. The van der Waals surface area contributed by atoms with Crippen molar-refractivity contribution in [3.8, 4) is 0 Å². The molecule has 0 aliphatic rings. The average Bonchev–Trinajstić information content (AvgIpc) is 2.40. The molecule has 11 heavy (non-hydrogen) atoms. The second-order valence-electron chi connectivity index (χ2n) is 2.12. The van der Waals surface area contributed by atoms with Crippen LogP contribution in [-0.2, 0) is 4.79 Å². The number of hydrogen-bond donors (Lipinski definition) is 0. The molecule has 4 heteroatoms. The predicted octanol–water partition coefficient (Wildman–Crippen LogP) is 0.638. The van der Waals surface area contributed by atoms with Crippen molar-refractivity contribution >= 4 is 5.97 Å². The Bertz CT molecular complexity index is 218. The average molecular weight is 154 g/mol. The van der Waals surface area contributed by atoms with E-state index in [2.05, 4.69) is 5.10 Å². The highest BCUT2D eigenvalue weighted by atomic mass is 16.7. The van der Waals surface area contributed by atoms with Gasteiger partial charge in [0.1, 0.15) is 0 Å². The van der Waals surface area contributed by atoms with Crippen LogP contribution in [0.2, 0.25) is 0 Å². The van der Waals surface area contributed by atoms with Crippen LogP contribution >= 0.6 is 0 Å². The Kier molecular flexibility index (Phi) is 2.66. The van der Waals surface area contributed by atoms with Gasteiger partial charge in [0.2, 0.25) is 0 Å². The molecule has 1 rings (SSSR count). The van der Waals surface area contributed by atoms with Crippen LogP contribution in [0.3, 0.4) is 0 Å². The van der Waals surface area contributed by atoms with Crippen LogP contribution in [0.5, 0.6) is 0 Å². The molecule has 0 saturated carbocycles. The highest BCUT2D eigenvalue weighted by Gasteiger charge is 2.00. The van der Waals surface area contributed by atoms with E-state index in [1.54, 1.807) is 18.5 Å². The molecule has 0 saturated heterocycles. The first kappa shape index (κ1) is 7.78. The van der Waals surface area contributed by atoms with Crippen molar-refractivity contribution in [2.75, 3.05) is 0 Å². The molecule has 0 amide bonds. The van der Waals surface area contributed by atoms with Crippen LogP contribution in [0.15, 0.2) is 18.5 Å². The van der Waals surface area contributed by atoms with Gasteiger partial charge in [-0.1, -0.05) is 11.8 Å². The van der Waals surface area contributed by atoms with Gasteiger partial charge in [-0.3, -0.25) is 0 Å². The molecule has 0 radical (unpaired) electrons.